The molecule has 0 spiro atoms. The Morgan fingerprint density at radius 1 is 1.23 bits per heavy atom. The van der Waals surface area contributed by atoms with Gasteiger partial charge in [-0.2, -0.15) is 5.10 Å². The SMILES string of the molecule is CC(=O)NC[C@H]1CCN(c2cc(=O)n(C)cc2-c2cnn(Cc3ccccc3)c2)C1. The van der Waals surface area contributed by atoms with Crippen LogP contribution in [-0.4, -0.2) is 39.9 Å². The minimum absolute atomic E-state index is 0.00597. The summed E-state index contributed by atoms with van der Waals surface area (Å²) in [6.07, 6.45) is 6.77. The summed E-state index contributed by atoms with van der Waals surface area (Å²) in [4.78, 5) is 25.9. The average molecular weight is 406 g/mol. The predicted molar refractivity (Wildman–Crippen MR) is 117 cm³/mol. The molecule has 30 heavy (non-hydrogen) atoms. The fourth-order valence-electron chi connectivity index (χ4n) is 3.97. The molecule has 1 saturated heterocycles. The number of aromatic nitrogens is 3. The van der Waals surface area contributed by atoms with Crippen LogP contribution in [0.25, 0.3) is 11.1 Å². The first-order chi connectivity index (χ1) is 14.5. The first kappa shape index (κ1) is 19.9. The molecule has 1 aromatic carbocycles. The molecule has 1 aliphatic rings. The van der Waals surface area contributed by atoms with Crippen LogP contribution in [-0.2, 0) is 18.4 Å². The van der Waals surface area contributed by atoms with Crippen molar-refractivity contribution in [1.29, 1.82) is 0 Å². The largest absolute Gasteiger partial charge is 0.370 e. The topological polar surface area (TPSA) is 72.2 Å². The lowest BCUT2D eigenvalue weighted by atomic mass is 10.1. The van der Waals surface area contributed by atoms with Crippen LogP contribution in [0.3, 0.4) is 0 Å². The highest BCUT2D eigenvalue weighted by molar-refractivity contribution is 5.77. The van der Waals surface area contributed by atoms with Gasteiger partial charge in [0.25, 0.3) is 5.56 Å². The molecular weight excluding hydrogens is 378 g/mol. The smallest absolute Gasteiger partial charge is 0.252 e. The molecule has 1 fully saturated rings. The number of amides is 1. The zero-order valence-corrected chi connectivity index (χ0v) is 17.4. The van der Waals surface area contributed by atoms with Crippen LogP contribution in [0.15, 0.2) is 59.8 Å². The highest BCUT2D eigenvalue weighted by Crippen LogP contribution is 2.32. The number of rotatable bonds is 6. The number of nitrogens with zero attached hydrogens (tertiary/aromatic N) is 4. The van der Waals surface area contributed by atoms with E-state index in [0.717, 1.165) is 36.3 Å². The van der Waals surface area contributed by atoms with E-state index in [1.54, 1.807) is 24.6 Å². The van der Waals surface area contributed by atoms with Crippen LogP contribution < -0.4 is 15.8 Å². The number of pyridine rings is 1. The Labute approximate surface area is 175 Å². The van der Waals surface area contributed by atoms with E-state index < -0.39 is 0 Å². The summed E-state index contributed by atoms with van der Waals surface area (Å²) >= 11 is 0. The summed E-state index contributed by atoms with van der Waals surface area (Å²) in [5.41, 5.74) is 4.07. The standard InChI is InChI=1S/C23H27N5O2/c1-17(29)24-11-19-8-9-27(13-19)22-10-23(30)26(2)16-21(22)20-12-25-28(15-20)14-18-6-4-3-5-7-18/h3-7,10,12,15-16,19H,8-9,11,13-14H2,1-2H3,(H,24,29)/t19-/m1/s1. The highest BCUT2D eigenvalue weighted by atomic mass is 16.1. The Morgan fingerprint density at radius 3 is 2.80 bits per heavy atom. The number of nitrogens with one attached hydrogen (secondary N) is 1. The van der Waals surface area contributed by atoms with Crippen LogP contribution in [0.5, 0.6) is 0 Å². The summed E-state index contributed by atoms with van der Waals surface area (Å²) in [5.74, 6) is 0.375. The predicted octanol–water partition coefficient (Wildman–Crippen LogP) is 2.26. The maximum absolute atomic E-state index is 12.4. The van der Waals surface area contributed by atoms with Crippen molar-refractivity contribution in [3.05, 3.63) is 70.9 Å². The van der Waals surface area contributed by atoms with Gasteiger partial charge < -0.3 is 14.8 Å². The molecule has 1 aliphatic heterocycles. The third kappa shape index (κ3) is 4.45. The second-order valence-electron chi connectivity index (χ2n) is 7.97. The fraction of sp³-hybridized carbons (Fsp3) is 0.348. The summed E-state index contributed by atoms with van der Waals surface area (Å²) in [6.45, 7) is 4.59. The second kappa shape index (κ2) is 8.57. The third-order valence-corrected chi connectivity index (χ3v) is 5.60. The molecule has 3 aromatic rings. The summed E-state index contributed by atoms with van der Waals surface area (Å²) < 4.78 is 3.53. The Morgan fingerprint density at radius 2 is 2.03 bits per heavy atom. The van der Waals surface area contributed by atoms with Gasteiger partial charge in [0.1, 0.15) is 0 Å². The normalized spacial score (nSPS) is 16.1. The molecule has 1 atom stereocenters. The lowest BCUT2D eigenvalue weighted by Crippen LogP contribution is -2.30. The number of hydrogen-bond donors (Lipinski definition) is 1. The lowest BCUT2D eigenvalue weighted by Gasteiger charge is -2.22. The van der Waals surface area contributed by atoms with E-state index >= 15 is 0 Å². The zero-order chi connectivity index (χ0) is 21.1. The summed E-state index contributed by atoms with van der Waals surface area (Å²) in [6, 6.07) is 11.9. The van der Waals surface area contributed by atoms with Crippen LogP contribution in [0.2, 0.25) is 0 Å². The minimum atomic E-state index is -0.0317. The van der Waals surface area contributed by atoms with Gasteiger partial charge in [-0.1, -0.05) is 30.3 Å². The molecule has 156 valence electrons. The van der Waals surface area contributed by atoms with Gasteiger partial charge in [-0.25, -0.2) is 0 Å². The van der Waals surface area contributed by atoms with Crippen LogP contribution in [0.4, 0.5) is 5.69 Å². The van der Waals surface area contributed by atoms with Crippen molar-refractivity contribution >= 4 is 11.6 Å². The quantitative estimate of drug-likeness (QED) is 0.683. The molecule has 0 aliphatic carbocycles. The second-order valence-corrected chi connectivity index (χ2v) is 7.97. The van der Waals surface area contributed by atoms with Gasteiger partial charge in [-0.15, -0.1) is 0 Å². The molecule has 0 radical (unpaired) electrons. The van der Waals surface area contributed by atoms with Crippen molar-refractivity contribution in [2.45, 2.75) is 19.9 Å². The molecule has 1 N–H and O–H groups in total. The highest BCUT2D eigenvalue weighted by Gasteiger charge is 2.25. The first-order valence-electron chi connectivity index (χ1n) is 10.3. The van der Waals surface area contributed by atoms with E-state index in [9.17, 15) is 9.59 Å². The number of anilines is 1. The Bertz CT molecular complexity index is 1090. The van der Waals surface area contributed by atoms with Crippen molar-refractivity contribution in [1.82, 2.24) is 19.7 Å². The first-order valence-corrected chi connectivity index (χ1v) is 10.3. The summed E-state index contributed by atoms with van der Waals surface area (Å²) in [7, 11) is 1.77. The van der Waals surface area contributed by atoms with Gasteiger partial charge in [0.05, 0.1) is 18.4 Å². The van der Waals surface area contributed by atoms with Crippen molar-refractivity contribution in [2.24, 2.45) is 13.0 Å². The number of carbonyl (C=O) groups excluding carboxylic acids is 1. The maximum atomic E-state index is 12.4. The number of hydrogen-bond acceptors (Lipinski definition) is 4. The average Bonchev–Trinajstić information content (AvgIpc) is 3.39. The molecular formula is C23H27N5O2. The monoisotopic (exact) mass is 405 g/mol. The van der Waals surface area contributed by atoms with E-state index in [4.69, 9.17) is 0 Å². The third-order valence-electron chi connectivity index (χ3n) is 5.60. The zero-order valence-electron chi connectivity index (χ0n) is 17.4. The van der Waals surface area contributed by atoms with Crippen LogP contribution in [0.1, 0.15) is 18.9 Å². The Kier molecular flexibility index (Phi) is 5.70. The van der Waals surface area contributed by atoms with Gasteiger partial charge >= 0.3 is 0 Å². The fourth-order valence-corrected chi connectivity index (χ4v) is 3.97. The van der Waals surface area contributed by atoms with E-state index in [2.05, 4.69) is 27.4 Å². The van der Waals surface area contributed by atoms with E-state index in [1.165, 1.54) is 5.56 Å². The van der Waals surface area contributed by atoms with Gasteiger partial charge in [-0.05, 0) is 17.9 Å². The number of benzene rings is 1. The van der Waals surface area contributed by atoms with Gasteiger partial charge in [0.2, 0.25) is 5.91 Å². The van der Waals surface area contributed by atoms with E-state index in [0.29, 0.717) is 19.0 Å². The molecule has 1 amide bonds. The van der Waals surface area contributed by atoms with Gasteiger partial charge in [0.15, 0.2) is 0 Å². The minimum Gasteiger partial charge on any atom is -0.370 e. The number of aryl methyl sites for hydroxylation is 1. The van der Waals surface area contributed by atoms with Crippen molar-refractivity contribution < 1.29 is 4.79 Å². The van der Waals surface area contributed by atoms with Gasteiger partial charge in [0, 0.05) is 63.2 Å². The van der Waals surface area contributed by atoms with Crippen molar-refractivity contribution in [3.8, 4) is 11.1 Å². The van der Waals surface area contributed by atoms with Crippen LogP contribution in [0, 0.1) is 5.92 Å². The lowest BCUT2D eigenvalue weighted by molar-refractivity contribution is -0.119. The maximum Gasteiger partial charge on any atom is 0.252 e. The van der Waals surface area contributed by atoms with Gasteiger partial charge in [-0.3, -0.25) is 14.3 Å². The Balaban J connectivity index is 1.59. The number of carbonyl (C=O) groups is 1. The van der Waals surface area contributed by atoms with E-state index in [-0.39, 0.29) is 11.5 Å². The molecule has 0 bridgehead atoms. The van der Waals surface area contributed by atoms with Crippen LogP contribution >= 0.6 is 0 Å². The molecule has 3 heterocycles. The molecule has 2 aromatic heterocycles. The molecule has 7 nitrogen and oxygen atoms in total. The van der Waals surface area contributed by atoms with E-state index in [1.807, 2.05) is 41.5 Å². The van der Waals surface area contributed by atoms with Crippen molar-refractivity contribution in [2.75, 3.05) is 24.5 Å². The molecule has 0 unspecified atom stereocenters. The summed E-state index contributed by atoms with van der Waals surface area (Å²) in [5, 5.41) is 7.44. The molecule has 4 rings (SSSR count). The van der Waals surface area contributed by atoms with Crippen molar-refractivity contribution in [3.63, 3.8) is 0 Å². The molecule has 7 heteroatoms. The molecule has 0 saturated carbocycles. The Hall–Kier alpha value is -3.35.